The van der Waals surface area contributed by atoms with Crippen molar-refractivity contribution >= 4 is 22.7 Å². The summed E-state index contributed by atoms with van der Waals surface area (Å²) in [4.78, 5) is 9.26. The molecule has 1 aliphatic carbocycles. The van der Waals surface area contributed by atoms with Gasteiger partial charge in [0.1, 0.15) is 5.82 Å². The molecule has 1 fully saturated rings. The largest absolute Gasteiger partial charge is 0.369 e. The molecule has 0 bridgehead atoms. The monoisotopic (exact) mass is 284 g/mol. The molecule has 0 saturated heterocycles. The Morgan fingerprint density at radius 2 is 1.95 bits per heavy atom. The standard InChI is InChI=1S/C17H24N4/c1-3-11-18-16-20-14-8-5-4-7-13(14)15(21-16)19-12-17(2)9-6-10-17/h4-5,7-8H,3,6,9-12H2,1-2H3,(H2,18,19,20,21). The molecule has 2 aromatic rings. The fourth-order valence-electron chi connectivity index (χ4n) is 2.78. The van der Waals surface area contributed by atoms with Crippen LogP contribution in [0.2, 0.25) is 0 Å². The first-order chi connectivity index (χ1) is 10.2. The average molecular weight is 284 g/mol. The Bertz CT molecular complexity index is 619. The van der Waals surface area contributed by atoms with Gasteiger partial charge in [-0.1, -0.05) is 32.4 Å². The van der Waals surface area contributed by atoms with Gasteiger partial charge in [0.2, 0.25) is 5.95 Å². The van der Waals surface area contributed by atoms with Crippen LogP contribution in [0.5, 0.6) is 0 Å². The van der Waals surface area contributed by atoms with E-state index in [4.69, 9.17) is 0 Å². The Morgan fingerprint density at radius 3 is 2.67 bits per heavy atom. The van der Waals surface area contributed by atoms with E-state index in [9.17, 15) is 0 Å². The van der Waals surface area contributed by atoms with E-state index in [0.717, 1.165) is 42.2 Å². The number of aromatic nitrogens is 2. The summed E-state index contributed by atoms with van der Waals surface area (Å²) in [6, 6.07) is 8.20. The maximum absolute atomic E-state index is 4.67. The van der Waals surface area contributed by atoms with E-state index in [0.29, 0.717) is 5.41 Å². The average Bonchev–Trinajstić information content (AvgIpc) is 2.48. The minimum Gasteiger partial charge on any atom is -0.369 e. The first kappa shape index (κ1) is 14.1. The normalized spacial score (nSPS) is 16.5. The van der Waals surface area contributed by atoms with E-state index >= 15 is 0 Å². The number of fused-ring (bicyclic) bond motifs is 1. The highest BCUT2D eigenvalue weighted by molar-refractivity contribution is 5.90. The molecule has 1 aromatic carbocycles. The Hall–Kier alpha value is -1.84. The summed E-state index contributed by atoms with van der Waals surface area (Å²) in [6.07, 6.45) is 5.04. The molecule has 0 aliphatic heterocycles. The SMILES string of the molecule is CCCNc1nc(NCC2(C)CCC2)c2ccccc2n1. The number of benzene rings is 1. The van der Waals surface area contributed by atoms with E-state index in [1.165, 1.54) is 19.3 Å². The summed E-state index contributed by atoms with van der Waals surface area (Å²) in [7, 11) is 0. The van der Waals surface area contributed by atoms with Crippen LogP contribution in [0.15, 0.2) is 24.3 Å². The van der Waals surface area contributed by atoms with Crippen LogP contribution in [0, 0.1) is 5.41 Å². The van der Waals surface area contributed by atoms with Crippen LogP contribution >= 0.6 is 0 Å². The number of anilines is 2. The van der Waals surface area contributed by atoms with E-state index in [-0.39, 0.29) is 0 Å². The number of nitrogens with one attached hydrogen (secondary N) is 2. The fraction of sp³-hybridized carbons (Fsp3) is 0.529. The predicted octanol–water partition coefficient (Wildman–Crippen LogP) is 4.05. The van der Waals surface area contributed by atoms with Gasteiger partial charge in [0.25, 0.3) is 0 Å². The highest BCUT2D eigenvalue weighted by atomic mass is 15.1. The van der Waals surface area contributed by atoms with E-state index < -0.39 is 0 Å². The van der Waals surface area contributed by atoms with Crippen LogP contribution in [-0.2, 0) is 0 Å². The lowest BCUT2D eigenvalue weighted by Gasteiger charge is -2.38. The predicted molar refractivity (Wildman–Crippen MR) is 88.8 cm³/mol. The van der Waals surface area contributed by atoms with Crippen LogP contribution < -0.4 is 10.6 Å². The molecule has 3 rings (SSSR count). The molecule has 0 unspecified atom stereocenters. The first-order valence-corrected chi connectivity index (χ1v) is 7.95. The minimum absolute atomic E-state index is 0.434. The molecule has 1 saturated carbocycles. The fourth-order valence-corrected chi connectivity index (χ4v) is 2.78. The van der Waals surface area contributed by atoms with Crippen LogP contribution in [-0.4, -0.2) is 23.1 Å². The Kier molecular flexibility index (Phi) is 3.95. The topological polar surface area (TPSA) is 49.8 Å². The zero-order valence-corrected chi connectivity index (χ0v) is 12.9. The van der Waals surface area contributed by atoms with Crippen molar-refractivity contribution in [3.63, 3.8) is 0 Å². The molecule has 0 amide bonds. The van der Waals surface area contributed by atoms with Gasteiger partial charge in [0.05, 0.1) is 5.52 Å². The molecule has 2 N–H and O–H groups in total. The van der Waals surface area contributed by atoms with Crippen LogP contribution in [0.25, 0.3) is 10.9 Å². The van der Waals surface area contributed by atoms with Gasteiger partial charge in [-0.05, 0) is 36.8 Å². The summed E-state index contributed by atoms with van der Waals surface area (Å²) in [5.41, 5.74) is 1.43. The molecular weight excluding hydrogens is 260 g/mol. The van der Waals surface area contributed by atoms with Crippen molar-refractivity contribution in [2.24, 2.45) is 5.41 Å². The molecule has 1 aromatic heterocycles. The summed E-state index contributed by atoms with van der Waals surface area (Å²) >= 11 is 0. The van der Waals surface area contributed by atoms with Gasteiger partial charge in [-0.3, -0.25) is 0 Å². The van der Waals surface area contributed by atoms with Gasteiger partial charge in [-0.2, -0.15) is 4.98 Å². The molecule has 1 heterocycles. The van der Waals surface area contributed by atoms with Crippen molar-refractivity contribution in [2.45, 2.75) is 39.5 Å². The third-order valence-corrected chi connectivity index (χ3v) is 4.38. The van der Waals surface area contributed by atoms with Gasteiger partial charge >= 0.3 is 0 Å². The maximum Gasteiger partial charge on any atom is 0.225 e. The molecule has 112 valence electrons. The lowest BCUT2D eigenvalue weighted by Crippen LogP contribution is -2.33. The van der Waals surface area contributed by atoms with E-state index in [1.54, 1.807) is 0 Å². The van der Waals surface area contributed by atoms with Crippen LogP contribution in [0.3, 0.4) is 0 Å². The van der Waals surface area contributed by atoms with Crippen molar-refractivity contribution in [3.8, 4) is 0 Å². The highest BCUT2D eigenvalue weighted by Crippen LogP contribution is 2.40. The second-order valence-corrected chi connectivity index (χ2v) is 6.36. The first-order valence-electron chi connectivity index (χ1n) is 7.95. The zero-order chi connectivity index (χ0) is 14.7. The van der Waals surface area contributed by atoms with Gasteiger partial charge in [-0.25, -0.2) is 4.98 Å². The molecule has 1 aliphatic rings. The Labute approximate surface area is 126 Å². The molecule has 0 radical (unpaired) electrons. The van der Waals surface area contributed by atoms with Gasteiger partial charge < -0.3 is 10.6 Å². The van der Waals surface area contributed by atoms with Gasteiger partial charge in [0.15, 0.2) is 0 Å². The molecule has 4 nitrogen and oxygen atoms in total. The Morgan fingerprint density at radius 1 is 1.14 bits per heavy atom. The number of nitrogens with zero attached hydrogens (tertiary/aromatic N) is 2. The van der Waals surface area contributed by atoms with Crippen molar-refractivity contribution < 1.29 is 0 Å². The highest BCUT2D eigenvalue weighted by Gasteiger charge is 2.31. The third-order valence-electron chi connectivity index (χ3n) is 4.38. The number of hydrogen-bond acceptors (Lipinski definition) is 4. The van der Waals surface area contributed by atoms with Crippen molar-refractivity contribution in [1.82, 2.24) is 9.97 Å². The Balaban J connectivity index is 1.86. The quantitative estimate of drug-likeness (QED) is 0.840. The van der Waals surface area contributed by atoms with E-state index in [1.807, 2.05) is 18.2 Å². The number of rotatable bonds is 6. The summed E-state index contributed by atoms with van der Waals surface area (Å²) in [5, 5.41) is 7.95. The number of hydrogen-bond donors (Lipinski definition) is 2. The summed E-state index contributed by atoms with van der Waals surface area (Å²) < 4.78 is 0. The second kappa shape index (κ2) is 5.88. The molecule has 4 heteroatoms. The molecule has 21 heavy (non-hydrogen) atoms. The minimum atomic E-state index is 0.434. The molecule has 0 atom stereocenters. The van der Waals surface area contributed by atoms with Crippen molar-refractivity contribution in [1.29, 1.82) is 0 Å². The van der Waals surface area contributed by atoms with Crippen molar-refractivity contribution in [3.05, 3.63) is 24.3 Å². The lowest BCUT2D eigenvalue weighted by atomic mass is 9.70. The summed E-state index contributed by atoms with van der Waals surface area (Å²) in [6.45, 7) is 6.38. The smallest absolute Gasteiger partial charge is 0.225 e. The second-order valence-electron chi connectivity index (χ2n) is 6.36. The third kappa shape index (κ3) is 3.09. The molecule has 0 spiro atoms. The zero-order valence-electron chi connectivity index (χ0n) is 12.9. The van der Waals surface area contributed by atoms with Crippen molar-refractivity contribution in [2.75, 3.05) is 23.7 Å². The van der Waals surface area contributed by atoms with Gasteiger partial charge in [-0.15, -0.1) is 0 Å². The molecular formula is C17H24N4. The maximum atomic E-state index is 4.67. The van der Waals surface area contributed by atoms with Crippen LogP contribution in [0.1, 0.15) is 39.5 Å². The van der Waals surface area contributed by atoms with Gasteiger partial charge in [0, 0.05) is 18.5 Å². The van der Waals surface area contributed by atoms with Crippen LogP contribution in [0.4, 0.5) is 11.8 Å². The lowest BCUT2D eigenvalue weighted by molar-refractivity contribution is 0.180. The van der Waals surface area contributed by atoms with E-state index in [2.05, 4.69) is 40.5 Å². The summed E-state index contributed by atoms with van der Waals surface area (Å²) in [5.74, 6) is 1.67. The number of para-hydroxylation sites is 1.